The molecular formula is C16H25N3O3. The molecule has 6 heteroatoms. The molecule has 1 aliphatic heterocycles. The van der Waals surface area contributed by atoms with Crippen molar-refractivity contribution in [3.8, 4) is 0 Å². The normalized spacial score (nSPS) is 21.5. The number of likely N-dealkylation sites (tertiary alicyclic amines) is 1. The van der Waals surface area contributed by atoms with Crippen molar-refractivity contribution in [1.29, 1.82) is 0 Å². The van der Waals surface area contributed by atoms with Gasteiger partial charge >= 0.3 is 6.09 Å². The topological polar surface area (TPSA) is 64.4 Å². The van der Waals surface area contributed by atoms with Gasteiger partial charge in [-0.2, -0.15) is 5.10 Å². The minimum atomic E-state index is -0.495. The largest absolute Gasteiger partial charge is 0.444 e. The molecule has 1 aromatic heterocycles. The van der Waals surface area contributed by atoms with Crippen molar-refractivity contribution in [2.75, 3.05) is 6.54 Å². The molecule has 1 aromatic rings. The highest BCUT2D eigenvalue weighted by atomic mass is 16.6. The van der Waals surface area contributed by atoms with E-state index in [9.17, 15) is 9.59 Å². The van der Waals surface area contributed by atoms with Gasteiger partial charge in [0.25, 0.3) is 0 Å². The molecule has 0 aromatic carbocycles. The highest BCUT2D eigenvalue weighted by molar-refractivity contribution is 5.73. The Hall–Kier alpha value is -1.85. The van der Waals surface area contributed by atoms with Crippen LogP contribution in [-0.2, 0) is 4.74 Å². The van der Waals surface area contributed by atoms with Gasteiger partial charge in [0.2, 0.25) is 0 Å². The van der Waals surface area contributed by atoms with Gasteiger partial charge in [0.05, 0.1) is 17.8 Å². The van der Waals surface area contributed by atoms with Crippen LogP contribution < -0.4 is 0 Å². The zero-order valence-corrected chi connectivity index (χ0v) is 14.0. The third-order valence-electron chi connectivity index (χ3n) is 3.90. The fourth-order valence-electron chi connectivity index (χ4n) is 2.86. The molecule has 0 saturated carbocycles. The van der Waals surface area contributed by atoms with E-state index < -0.39 is 5.60 Å². The second kappa shape index (κ2) is 5.74. The molecule has 0 N–H and O–H groups in total. The lowest BCUT2D eigenvalue weighted by Gasteiger charge is -2.45. The third kappa shape index (κ3) is 3.67. The summed E-state index contributed by atoms with van der Waals surface area (Å²) in [5, 5.41) is 4.26. The number of piperidine rings is 1. The lowest BCUT2D eigenvalue weighted by atomic mass is 9.87. The SMILES string of the molecule is CC(C)(C)OC(=O)N1CC[C@H](n2cc(C=O)cn2)CC1(C)C. The van der Waals surface area contributed by atoms with Crippen molar-refractivity contribution < 1.29 is 14.3 Å². The molecule has 1 amide bonds. The summed E-state index contributed by atoms with van der Waals surface area (Å²) in [4.78, 5) is 24.9. The van der Waals surface area contributed by atoms with Crippen molar-refractivity contribution in [3.05, 3.63) is 18.0 Å². The van der Waals surface area contributed by atoms with Gasteiger partial charge in [0, 0.05) is 18.3 Å². The average molecular weight is 307 g/mol. The quantitative estimate of drug-likeness (QED) is 0.788. The number of ether oxygens (including phenoxy) is 1. The van der Waals surface area contributed by atoms with Crippen LogP contribution in [0.3, 0.4) is 0 Å². The molecular weight excluding hydrogens is 282 g/mol. The number of aldehydes is 1. The standard InChI is InChI=1S/C16H25N3O3/c1-15(2,3)22-14(21)18-7-6-13(8-16(18,4)5)19-10-12(11-20)9-17-19/h9-11,13H,6-8H2,1-5H3/t13-/m0/s1. The van der Waals surface area contributed by atoms with Gasteiger partial charge in [-0.25, -0.2) is 4.79 Å². The maximum Gasteiger partial charge on any atom is 0.410 e. The molecule has 122 valence electrons. The number of carbonyl (C=O) groups is 2. The Labute approximate surface area is 131 Å². The number of hydrogen-bond donors (Lipinski definition) is 0. The summed E-state index contributed by atoms with van der Waals surface area (Å²) >= 11 is 0. The van der Waals surface area contributed by atoms with E-state index in [0.717, 1.165) is 19.1 Å². The van der Waals surface area contributed by atoms with Gasteiger partial charge in [0.1, 0.15) is 5.60 Å². The molecule has 0 spiro atoms. The van der Waals surface area contributed by atoms with Crippen LogP contribution in [0.5, 0.6) is 0 Å². The van der Waals surface area contributed by atoms with Crippen LogP contribution in [0.1, 0.15) is 63.9 Å². The molecule has 0 aliphatic carbocycles. The number of nitrogens with zero attached hydrogens (tertiary/aromatic N) is 3. The molecule has 2 heterocycles. The van der Waals surface area contributed by atoms with E-state index in [1.807, 2.05) is 39.3 Å². The summed E-state index contributed by atoms with van der Waals surface area (Å²) in [6, 6.07) is 0.183. The summed E-state index contributed by atoms with van der Waals surface area (Å²) in [6.45, 7) is 10.3. The van der Waals surface area contributed by atoms with E-state index >= 15 is 0 Å². The molecule has 0 unspecified atom stereocenters. The molecule has 0 bridgehead atoms. The van der Waals surface area contributed by atoms with E-state index in [2.05, 4.69) is 5.10 Å². The molecule has 22 heavy (non-hydrogen) atoms. The zero-order valence-electron chi connectivity index (χ0n) is 14.0. The first-order valence-corrected chi connectivity index (χ1v) is 7.62. The van der Waals surface area contributed by atoms with Crippen molar-refractivity contribution >= 4 is 12.4 Å². The van der Waals surface area contributed by atoms with Crippen LogP contribution in [0.4, 0.5) is 4.79 Å². The highest BCUT2D eigenvalue weighted by Gasteiger charge is 2.40. The monoisotopic (exact) mass is 307 g/mol. The van der Waals surface area contributed by atoms with E-state index in [0.29, 0.717) is 12.1 Å². The fourth-order valence-corrected chi connectivity index (χ4v) is 2.86. The van der Waals surface area contributed by atoms with Gasteiger partial charge in [-0.15, -0.1) is 0 Å². The summed E-state index contributed by atoms with van der Waals surface area (Å²) in [5.74, 6) is 0. The van der Waals surface area contributed by atoms with E-state index in [-0.39, 0.29) is 17.7 Å². The van der Waals surface area contributed by atoms with Crippen LogP contribution >= 0.6 is 0 Å². The maximum absolute atomic E-state index is 12.4. The first-order valence-electron chi connectivity index (χ1n) is 7.62. The van der Waals surface area contributed by atoms with Crippen LogP contribution in [0, 0.1) is 0 Å². The second-order valence-electron chi connectivity index (χ2n) is 7.46. The molecule has 1 fully saturated rings. The third-order valence-corrected chi connectivity index (χ3v) is 3.90. The Bertz CT molecular complexity index is 557. The Kier molecular flexibility index (Phi) is 4.31. The zero-order chi connectivity index (χ0) is 16.5. The first kappa shape index (κ1) is 16.5. The second-order valence-corrected chi connectivity index (χ2v) is 7.46. The Morgan fingerprint density at radius 3 is 2.64 bits per heavy atom. The Balaban J connectivity index is 2.09. The first-order chi connectivity index (χ1) is 10.1. The average Bonchev–Trinajstić information content (AvgIpc) is 2.83. The molecule has 1 saturated heterocycles. The predicted octanol–water partition coefficient (Wildman–Crippen LogP) is 3.05. The van der Waals surface area contributed by atoms with E-state index in [1.54, 1.807) is 17.3 Å². The molecule has 6 nitrogen and oxygen atoms in total. The molecule has 0 radical (unpaired) electrons. The lowest BCUT2D eigenvalue weighted by molar-refractivity contribution is -0.0143. The van der Waals surface area contributed by atoms with Gasteiger partial charge in [-0.1, -0.05) is 0 Å². The van der Waals surface area contributed by atoms with E-state index in [4.69, 9.17) is 4.74 Å². The maximum atomic E-state index is 12.4. The van der Waals surface area contributed by atoms with Gasteiger partial charge < -0.3 is 9.64 Å². The molecule has 1 atom stereocenters. The minimum absolute atomic E-state index is 0.183. The number of aromatic nitrogens is 2. The van der Waals surface area contributed by atoms with Crippen LogP contribution in [0.2, 0.25) is 0 Å². The number of rotatable bonds is 2. The van der Waals surface area contributed by atoms with Gasteiger partial charge in [0.15, 0.2) is 6.29 Å². The van der Waals surface area contributed by atoms with Crippen LogP contribution in [0.25, 0.3) is 0 Å². The minimum Gasteiger partial charge on any atom is -0.444 e. The number of hydrogen-bond acceptors (Lipinski definition) is 4. The number of amides is 1. The summed E-state index contributed by atoms with van der Waals surface area (Å²) < 4.78 is 7.32. The Morgan fingerprint density at radius 1 is 1.45 bits per heavy atom. The van der Waals surface area contributed by atoms with Gasteiger partial charge in [-0.05, 0) is 47.5 Å². The summed E-state index contributed by atoms with van der Waals surface area (Å²) in [7, 11) is 0. The van der Waals surface area contributed by atoms with Crippen molar-refractivity contribution in [3.63, 3.8) is 0 Å². The van der Waals surface area contributed by atoms with Crippen molar-refractivity contribution in [2.45, 2.75) is 64.6 Å². The van der Waals surface area contributed by atoms with Crippen LogP contribution in [-0.4, -0.2) is 44.7 Å². The van der Waals surface area contributed by atoms with Crippen LogP contribution in [0.15, 0.2) is 12.4 Å². The summed E-state index contributed by atoms with van der Waals surface area (Å²) in [6.07, 6.45) is 5.42. The van der Waals surface area contributed by atoms with Crippen molar-refractivity contribution in [1.82, 2.24) is 14.7 Å². The summed E-state index contributed by atoms with van der Waals surface area (Å²) in [5.41, 5.74) is -0.240. The Morgan fingerprint density at radius 2 is 2.14 bits per heavy atom. The lowest BCUT2D eigenvalue weighted by Crippen LogP contribution is -2.54. The highest BCUT2D eigenvalue weighted by Crippen LogP contribution is 2.35. The van der Waals surface area contributed by atoms with Gasteiger partial charge in [-0.3, -0.25) is 9.48 Å². The molecule has 1 aliphatic rings. The molecule has 2 rings (SSSR count). The fraction of sp³-hybridized carbons (Fsp3) is 0.688. The predicted molar refractivity (Wildman–Crippen MR) is 82.9 cm³/mol. The van der Waals surface area contributed by atoms with E-state index in [1.165, 1.54) is 0 Å². The smallest absolute Gasteiger partial charge is 0.410 e. The number of carbonyl (C=O) groups excluding carboxylic acids is 2. The van der Waals surface area contributed by atoms with Crippen molar-refractivity contribution in [2.24, 2.45) is 0 Å².